The SMILES string of the molecule is COc1cc(C)c(CN2CCN(C(=S)NCCc3ccccc3)CC2)cc1OC. The van der Waals surface area contributed by atoms with Crippen molar-refractivity contribution in [3.63, 3.8) is 0 Å². The van der Waals surface area contributed by atoms with Gasteiger partial charge in [-0.15, -0.1) is 0 Å². The van der Waals surface area contributed by atoms with E-state index in [2.05, 4.69) is 58.4 Å². The normalized spacial score (nSPS) is 14.5. The van der Waals surface area contributed by atoms with Crippen LogP contribution in [-0.4, -0.2) is 61.9 Å². The van der Waals surface area contributed by atoms with E-state index in [1.54, 1.807) is 14.2 Å². The summed E-state index contributed by atoms with van der Waals surface area (Å²) in [6, 6.07) is 14.6. The van der Waals surface area contributed by atoms with Gasteiger partial charge in [0.25, 0.3) is 0 Å². The van der Waals surface area contributed by atoms with Crippen molar-refractivity contribution < 1.29 is 9.47 Å². The molecule has 156 valence electrons. The summed E-state index contributed by atoms with van der Waals surface area (Å²) in [5.74, 6) is 1.57. The Labute approximate surface area is 179 Å². The molecule has 29 heavy (non-hydrogen) atoms. The molecule has 0 radical (unpaired) electrons. The highest BCUT2D eigenvalue weighted by molar-refractivity contribution is 7.80. The van der Waals surface area contributed by atoms with Crippen LogP contribution < -0.4 is 14.8 Å². The van der Waals surface area contributed by atoms with Gasteiger partial charge < -0.3 is 19.7 Å². The maximum absolute atomic E-state index is 5.60. The number of hydrogen-bond acceptors (Lipinski definition) is 4. The molecular weight excluding hydrogens is 382 g/mol. The van der Waals surface area contributed by atoms with E-state index in [-0.39, 0.29) is 0 Å². The monoisotopic (exact) mass is 413 g/mol. The average Bonchev–Trinajstić information content (AvgIpc) is 2.76. The highest BCUT2D eigenvalue weighted by Crippen LogP contribution is 2.30. The fourth-order valence-electron chi connectivity index (χ4n) is 3.61. The van der Waals surface area contributed by atoms with Gasteiger partial charge in [-0.25, -0.2) is 0 Å². The number of rotatable bonds is 7. The van der Waals surface area contributed by atoms with Crippen LogP contribution in [0.5, 0.6) is 11.5 Å². The third kappa shape index (κ3) is 5.84. The van der Waals surface area contributed by atoms with Crippen LogP contribution >= 0.6 is 12.2 Å². The number of piperazine rings is 1. The molecule has 6 heteroatoms. The van der Waals surface area contributed by atoms with Crippen molar-refractivity contribution in [3.8, 4) is 11.5 Å². The first kappa shape index (κ1) is 21.4. The first-order valence-corrected chi connectivity index (χ1v) is 10.5. The molecule has 1 heterocycles. The molecule has 1 aliphatic heterocycles. The topological polar surface area (TPSA) is 37.0 Å². The summed E-state index contributed by atoms with van der Waals surface area (Å²) in [6.45, 7) is 7.79. The lowest BCUT2D eigenvalue weighted by Crippen LogP contribution is -2.51. The fourth-order valence-corrected chi connectivity index (χ4v) is 3.90. The molecule has 0 aromatic heterocycles. The molecule has 0 spiro atoms. The quantitative estimate of drug-likeness (QED) is 0.703. The van der Waals surface area contributed by atoms with Crippen molar-refractivity contribution in [2.24, 2.45) is 0 Å². The summed E-state index contributed by atoms with van der Waals surface area (Å²) in [4.78, 5) is 4.75. The molecular formula is C23H31N3O2S. The predicted octanol–water partition coefficient (Wildman–Crippen LogP) is 3.25. The summed E-state index contributed by atoms with van der Waals surface area (Å²) in [7, 11) is 3.36. The number of ether oxygens (including phenoxy) is 2. The van der Waals surface area contributed by atoms with Crippen molar-refractivity contribution in [3.05, 3.63) is 59.2 Å². The molecule has 2 aromatic rings. The van der Waals surface area contributed by atoms with E-state index in [1.165, 1.54) is 16.7 Å². The lowest BCUT2D eigenvalue weighted by molar-refractivity contribution is 0.174. The smallest absolute Gasteiger partial charge is 0.169 e. The maximum Gasteiger partial charge on any atom is 0.169 e. The average molecular weight is 414 g/mol. The van der Waals surface area contributed by atoms with Crippen molar-refractivity contribution in [1.29, 1.82) is 0 Å². The second-order valence-corrected chi connectivity index (χ2v) is 7.75. The number of methoxy groups -OCH3 is 2. The van der Waals surface area contributed by atoms with Gasteiger partial charge in [-0.3, -0.25) is 4.90 Å². The molecule has 2 aromatic carbocycles. The Bertz CT molecular complexity index is 805. The highest BCUT2D eigenvalue weighted by atomic mass is 32.1. The van der Waals surface area contributed by atoms with E-state index in [9.17, 15) is 0 Å². The molecule has 1 N–H and O–H groups in total. The lowest BCUT2D eigenvalue weighted by Gasteiger charge is -2.36. The molecule has 0 aliphatic carbocycles. The molecule has 0 unspecified atom stereocenters. The Morgan fingerprint density at radius 3 is 2.31 bits per heavy atom. The van der Waals surface area contributed by atoms with Crippen LogP contribution in [0.1, 0.15) is 16.7 Å². The number of nitrogens with one attached hydrogen (secondary N) is 1. The minimum Gasteiger partial charge on any atom is -0.493 e. The van der Waals surface area contributed by atoms with Crippen molar-refractivity contribution in [2.45, 2.75) is 19.9 Å². The third-order valence-corrected chi connectivity index (χ3v) is 5.83. The maximum atomic E-state index is 5.60. The van der Waals surface area contributed by atoms with Crippen LogP contribution in [0.4, 0.5) is 0 Å². The van der Waals surface area contributed by atoms with Gasteiger partial charge in [0.2, 0.25) is 0 Å². The summed E-state index contributed by atoms with van der Waals surface area (Å²) in [5, 5.41) is 4.27. The van der Waals surface area contributed by atoms with Crippen LogP contribution in [0, 0.1) is 6.92 Å². The lowest BCUT2D eigenvalue weighted by atomic mass is 10.1. The number of hydrogen-bond donors (Lipinski definition) is 1. The largest absolute Gasteiger partial charge is 0.493 e. The molecule has 1 saturated heterocycles. The van der Waals surface area contributed by atoms with Gasteiger partial charge >= 0.3 is 0 Å². The Balaban J connectivity index is 1.46. The predicted molar refractivity (Wildman–Crippen MR) is 122 cm³/mol. The Morgan fingerprint density at radius 1 is 1.00 bits per heavy atom. The Morgan fingerprint density at radius 2 is 1.66 bits per heavy atom. The van der Waals surface area contributed by atoms with Gasteiger partial charge in [0, 0.05) is 39.3 Å². The van der Waals surface area contributed by atoms with E-state index in [4.69, 9.17) is 21.7 Å². The summed E-state index contributed by atoms with van der Waals surface area (Å²) in [6.07, 6.45) is 0.986. The van der Waals surface area contributed by atoms with Crippen LogP contribution in [0.15, 0.2) is 42.5 Å². The standard InChI is InChI=1S/C23H31N3O2S/c1-18-15-21(27-2)22(28-3)16-20(18)17-25-11-13-26(14-12-25)23(29)24-10-9-19-7-5-4-6-8-19/h4-8,15-16H,9-14,17H2,1-3H3,(H,24,29). The number of aryl methyl sites for hydroxylation is 1. The molecule has 1 fully saturated rings. The van der Waals surface area contributed by atoms with Crippen molar-refractivity contribution in [2.75, 3.05) is 46.9 Å². The molecule has 0 atom stereocenters. The zero-order chi connectivity index (χ0) is 20.6. The molecule has 0 saturated carbocycles. The second kappa shape index (κ2) is 10.5. The van der Waals surface area contributed by atoms with Gasteiger partial charge in [0.05, 0.1) is 14.2 Å². The van der Waals surface area contributed by atoms with Crippen LogP contribution in [0.25, 0.3) is 0 Å². The molecule has 5 nitrogen and oxygen atoms in total. The highest BCUT2D eigenvalue weighted by Gasteiger charge is 2.20. The van der Waals surface area contributed by atoms with E-state index in [0.717, 1.165) is 62.3 Å². The molecule has 0 bridgehead atoms. The molecule has 0 amide bonds. The first-order chi connectivity index (χ1) is 14.1. The minimum absolute atomic E-state index is 0.783. The van der Waals surface area contributed by atoms with Crippen LogP contribution in [-0.2, 0) is 13.0 Å². The fraction of sp³-hybridized carbons (Fsp3) is 0.435. The number of nitrogens with zero attached hydrogens (tertiary/aromatic N) is 2. The van der Waals surface area contributed by atoms with Gasteiger partial charge in [-0.2, -0.15) is 0 Å². The summed E-state index contributed by atoms with van der Waals surface area (Å²) < 4.78 is 10.9. The summed E-state index contributed by atoms with van der Waals surface area (Å²) in [5.41, 5.74) is 3.83. The van der Waals surface area contributed by atoms with Gasteiger partial charge in [0.15, 0.2) is 16.6 Å². The van der Waals surface area contributed by atoms with Gasteiger partial charge in [-0.1, -0.05) is 30.3 Å². The molecule has 3 rings (SSSR count). The zero-order valence-corrected chi connectivity index (χ0v) is 18.4. The van der Waals surface area contributed by atoms with E-state index < -0.39 is 0 Å². The van der Waals surface area contributed by atoms with E-state index in [0.29, 0.717) is 0 Å². The van der Waals surface area contributed by atoms with Gasteiger partial charge in [-0.05, 0) is 54.4 Å². The van der Waals surface area contributed by atoms with Crippen molar-refractivity contribution >= 4 is 17.3 Å². The Kier molecular flexibility index (Phi) is 7.72. The van der Waals surface area contributed by atoms with E-state index in [1.807, 2.05) is 6.07 Å². The van der Waals surface area contributed by atoms with Crippen molar-refractivity contribution in [1.82, 2.24) is 15.1 Å². The zero-order valence-electron chi connectivity index (χ0n) is 17.6. The number of benzene rings is 2. The Hall–Kier alpha value is -2.31. The van der Waals surface area contributed by atoms with E-state index >= 15 is 0 Å². The van der Waals surface area contributed by atoms with Crippen LogP contribution in [0.3, 0.4) is 0 Å². The number of thiocarbonyl (C=S) groups is 1. The molecule has 1 aliphatic rings. The second-order valence-electron chi connectivity index (χ2n) is 7.36. The van der Waals surface area contributed by atoms with Gasteiger partial charge in [0.1, 0.15) is 0 Å². The summed E-state index contributed by atoms with van der Waals surface area (Å²) >= 11 is 5.60. The minimum atomic E-state index is 0.783. The first-order valence-electron chi connectivity index (χ1n) is 10.1. The van der Waals surface area contributed by atoms with Crippen LogP contribution in [0.2, 0.25) is 0 Å². The third-order valence-electron chi connectivity index (χ3n) is 5.43.